The smallest absolute Gasteiger partial charge is 0.250 e. The van der Waals surface area contributed by atoms with E-state index in [9.17, 15) is 4.79 Å². The number of nitrogens with one attached hydrogen (secondary N) is 1. The molecule has 33 heavy (non-hydrogen) atoms. The molecule has 172 valence electrons. The van der Waals surface area contributed by atoms with Gasteiger partial charge in [-0.1, -0.05) is 6.07 Å². The summed E-state index contributed by atoms with van der Waals surface area (Å²) in [7, 11) is 1.62. The molecule has 1 fully saturated rings. The third-order valence-electron chi connectivity index (χ3n) is 6.12. The SMILES string of the molecule is COc1ccc2c(c1)OCC(C(=O)NCCCCN1CCN(c3cccc(C#N)c3)CC1)=C2. The Labute approximate surface area is 195 Å². The van der Waals surface area contributed by atoms with Crippen molar-refractivity contribution in [3.63, 3.8) is 0 Å². The summed E-state index contributed by atoms with van der Waals surface area (Å²) in [6.07, 6.45) is 3.87. The van der Waals surface area contributed by atoms with Crippen molar-refractivity contribution in [3.05, 3.63) is 59.2 Å². The highest BCUT2D eigenvalue weighted by atomic mass is 16.5. The first-order valence-electron chi connectivity index (χ1n) is 11.4. The van der Waals surface area contributed by atoms with Gasteiger partial charge >= 0.3 is 0 Å². The minimum atomic E-state index is -0.0651. The fraction of sp³-hybridized carbons (Fsp3) is 0.385. The molecule has 2 aliphatic rings. The summed E-state index contributed by atoms with van der Waals surface area (Å²) < 4.78 is 10.9. The summed E-state index contributed by atoms with van der Waals surface area (Å²) in [5.74, 6) is 1.41. The van der Waals surface area contributed by atoms with Crippen molar-refractivity contribution in [2.75, 3.05) is 57.9 Å². The number of hydrogen-bond donors (Lipinski definition) is 1. The van der Waals surface area contributed by atoms with Crippen molar-refractivity contribution in [1.82, 2.24) is 10.2 Å². The summed E-state index contributed by atoms with van der Waals surface area (Å²) >= 11 is 0. The summed E-state index contributed by atoms with van der Waals surface area (Å²) in [4.78, 5) is 17.3. The maximum atomic E-state index is 12.5. The highest BCUT2D eigenvalue weighted by molar-refractivity contribution is 5.99. The zero-order chi connectivity index (χ0) is 23.0. The Kier molecular flexibility index (Phi) is 7.48. The standard InChI is InChI=1S/C26H30N4O3/c1-32-24-8-7-21-16-22(19-33-25(21)17-24)26(31)28-9-2-3-10-29-11-13-30(14-12-29)23-6-4-5-20(15-23)18-27/h4-8,15-17H,2-3,9-14,19H2,1H3,(H,28,31). The van der Waals surface area contributed by atoms with E-state index in [1.165, 1.54) is 0 Å². The average Bonchev–Trinajstić information content (AvgIpc) is 2.88. The van der Waals surface area contributed by atoms with Gasteiger partial charge in [0.05, 0.1) is 24.3 Å². The van der Waals surface area contributed by atoms with E-state index in [-0.39, 0.29) is 12.5 Å². The molecule has 1 saturated heterocycles. The first-order chi connectivity index (χ1) is 16.2. The molecular weight excluding hydrogens is 416 g/mol. The highest BCUT2D eigenvalue weighted by Crippen LogP contribution is 2.30. The molecule has 0 radical (unpaired) electrons. The zero-order valence-electron chi connectivity index (χ0n) is 19.0. The molecule has 1 amide bonds. The Hall–Kier alpha value is -3.50. The number of rotatable bonds is 8. The van der Waals surface area contributed by atoms with Crippen LogP contribution < -0.4 is 19.7 Å². The fourth-order valence-corrected chi connectivity index (χ4v) is 4.18. The lowest BCUT2D eigenvalue weighted by molar-refractivity contribution is -0.117. The molecule has 0 atom stereocenters. The lowest BCUT2D eigenvalue weighted by Gasteiger charge is -2.36. The van der Waals surface area contributed by atoms with E-state index < -0.39 is 0 Å². The Morgan fingerprint density at radius 2 is 2.00 bits per heavy atom. The number of nitriles is 1. The van der Waals surface area contributed by atoms with Gasteiger partial charge in [-0.2, -0.15) is 5.26 Å². The predicted octanol–water partition coefficient (Wildman–Crippen LogP) is 3.06. The molecule has 2 heterocycles. The van der Waals surface area contributed by atoms with Gasteiger partial charge in [-0.15, -0.1) is 0 Å². The Balaban J connectivity index is 1.14. The van der Waals surface area contributed by atoms with Crippen molar-refractivity contribution < 1.29 is 14.3 Å². The van der Waals surface area contributed by atoms with Crippen molar-refractivity contribution >= 4 is 17.7 Å². The molecule has 0 aromatic heterocycles. The van der Waals surface area contributed by atoms with Gasteiger partial charge in [-0.25, -0.2) is 0 Å². The molecule has 2 aromatic carbocycles. The first-order valence-corrected chi connectivity index (χ1v) is 11.4. The van der Waals surface area contributed by atoms with E-state index in [1.807, 2.05) is 42.5 Å². The third-order valence-corrected chi connectivity index (χ3v) is 6.12. The quantitative estimate of drug-likeness (QED) is 0.628. The average molecular weight is 447 g/mol. The largest absolute Gasteiger partial charge is 0.497 e. The van der Waals surface area contributed by atoms with Crippen LogP contribution >= 0.6 is 0 Å². The van der Waals surface area contributed by atoms with Crippen LogP contribution in [-0.4, -0.2) is 63.8 Å². The van der Waals surface area contributed by atoms with Crippen LogP contribution in [0.15, 0.2) is 48.0 Å². The van der Waals surface area contributed by atoms with Crippen LogP contribution in [-0.2, 0) is 4.79 Å². The van der Waals surface area contributed by atoms with Crippen LogP contribution in [0.4, 0.5) is 5.69 Å². The summed E-state index contributed by atoms with van der Waals surface area (Å²) in [6.45, 7) is 5.92. The number of anilines is 1. The Bertz CT molecular complexity index is 1050. The molecule has 0 aliphatic carbocycles. The van der Waals surface area contributed by atoms with E-state index in [4.69, 9.17) is 14.7 Å². The van der Waals surface area contributed by atoms with Crippen LogP contribution in [0.25, 0.3) is 6.08 Å². The second-order valence-corrected chi connectivity index (χ2v) is 8.32. The van der Waals surface area contributed by atoms with Gasteiger partial charge < -0.3 is 19.7 Å². The number of nitrogens with zero attached hydrogens (tertiary/aromatic N) is 3. The topological polar surface area (TPSA) is 77.8 Å². The zero-order valence-corrected chi connectivity index (χ0v) is 19.0. The van der Waals surface area contributed by atoms with E-state index >= 15 is 0 Å². The Morgan fingerprint density at radius 3 is 2.79 bits per heavy atom. The van der Waals surface area contributed by atoms with Crippen LogP contribution in [0.5, 0.6) is 11.5 Å². The molecule has 2 aromatic rings. The molecule has 0 saturated carbocycles. The van der Waals surface area contributed by atoms with Gasteiger partial charge in [0, 0.05) is 50.0 Å². The number of unbranched alkanes of at least 4 members (excludes halogenated alkanes) is 1. The molecule has 0 bridgehead atoms. The Morgan fingerprint density at radius 1 is 1.15 bits per heavy atom. The number of amides is 1. The van der Waals surface area contributed by atoms with E-state index in [2.05, 4.69) is 27.3 Å². The normalized spacial score (nSPS) is 15.6. The van der Waals surface area contributed by atoms with Crippen molar-refractivity contribution in [3.8, 4) is 17.6 Å². The number of hydrogen-bond acceptors (Lipinski definition) is 6. The lowest BCUT2D eigenvalue weighted by Crippen LogP contribution is -2.46. The summed E-state index contributed by atoms with van der Waals surface area (Å²) in [6, 6.07) is 15.6. The molecule has 0 unspecified atom stereocenters. The number of carbonyl (C=O) groups is 1. The van der Waals surface area contributed by atoms with Crippen LogP contribution in [0, 0.1) is 11.3 Å². The van der Waals surface area contributed by atoms with Crippen molar-refractivity contribution in [1.29, 1.82) is 5.26 Å². The molecule has 7 heteroatoms. The van der Waals surface area contributed by atoms with Crippen molar-refractivity contribution in [2.24, 2.45) is 0 Å². The lowest BCUT2D eigenvalue weighted by atomic mass is 10.1. The minimum absolute atomic E-state index is 0.0651. The summed E-state index contributed by atoms with van der Waals surface area (Å²) in [5, 5.41) is 12.1. The summed E-state index contributed by atoms with van der Waals surface area (Å²) in [5.41, 5.74) is 3.37. The maximum absolute atomic E-state index is 12.5. The monoisotopic (exact) mass is 446 g/mol. The number of piperazine rings is 1. The van der Waals surface area contributed by atoms with Gasteiger partial charge in [0.1, 0.15) is 18.1 Å². The number of carbonyl (C=O) groups excluding carboxylic acids is 1. The van der Waals surface area contributed by atoms with E-state index in [0.29, 0.717) is 17.7 Å². The number of benzene rings is 2. The molecule has 1 N–H and O–H groups in total. The van der Waals surface area contributed by atoms with Crippen molar-refractivity contribution in [2.45, 2.75) is 12.8 Å². The minimum Gasteiger partial charge on any atom is -0.497 e. The molecule has 2 aliphatic heterocycles. The molecule has 7 nitrogen and oxygen atoms in total. The number of methoxy groups -OCH3 is 1. The maximum Gasteiger partial charge on any atom is 0.250 e. The van der Waals surface area contributed by atoms with Crippen LogP contribution in [0.1, 0.15) is 24.0 Å². The molecular formula is C26H30N4O3. The number of ether oxygens (including phenoxy) is 2. The molecule has 0 spiro atoms. The van der Waals surface area contributed by atoms with E-state index in [1.54, 1.807) is 7.11 Å². The van der Waals surface area contributed by atoms with Gasteiger partial charge in [0.2, 0.25) is 0 Å². The van der Waals surface area contributed by atoms with Crippen LogP contribution in [0.2, 0.25) is 0 Å². The second kappa shape index (κ2) is 10.9. The second-order valence-electron chi connectivity index (χ2n) is 8.32. The van der Waals surface area contributed by atoms with E-state index in [0.717, 1.165) is 68.3 Å². The van der Waals surface area contributed by atoms with Gasteiger partial charge in [0.25, 0.3) is 5.91 Å². The van der Waals surface area contributed by atoms with Gasteiger partial charge in [0.15, 0.2) is 0 Å². The van der Waals surface area contributed by atoms with Crippen LogP contribution in [0.3, 0.4) is 0 Å². The first kappa shape index (κ1) is 22.7. The van der Waals surface area contributed by atoms with Gasteiger partial charge in [-0.05, 0) is 55.8 Å². The third kappa shape index (κ3) is 5.85. The molecule has 4 rings (SSSR count). The fourth-order valence-electron chi connectivity index (χ4n) is 4.18. The number of fused-ring (bicyclic) bond motifs is 1. The van der Waals surface area contributed by atoms with Gasteiger partial charge in [-0.3, -0.25) is 9.69 Å². The highest BCUT2D eigenvalue weighted by Gasteiger charge is 2.19. The predicted molar refractivity (Wildman–Crippen MR) is 129 cm³/mol.